The maximum atomic E-state index is 14.3. The number of nitrogens with zero attached hydrogens (tertiary/aromatic N) is 2. The van der Waals surface area contributed by atoms with Gasteiger partial charge in [-0.15, -0.1) is 0 Å². The smallest absolute Gasteiger partial charge is 0.254 e. The molecule has 1 aliphatic heterocycles. The molecule has 1 aliphatic rings. The zero-order valence-electron chi connectivity index (χ0n) is 15.0. The number of halogens is 1. The van der Waals surface area contributed by atoms with Crippen molar-refractivity contribution >= 4 is 23.1 Å². The van der Waals surface area contributed by atoms with E-state index in [2.05, 4.69) is 0 Å². The van der Waals surface area contributed by atoms with Crippen molar-refractivity contribution in [3.05, 3.63) is 58.9 Å². The molecule has 1 fully saturated rings. The van der Waals surface area contributed by atoms with E-state index in [-0.39, 0.29) is 11.7 Å². The first-order valence-electron chi connectivity index (χ1n) is 8.57. The van der Waals surface area contributed by atoms with Crippen molar-refractivity contribution < 1.29 is 14.0 Å². The number of piperazine rings is 1. The van der Waals surface area contributed by atoms with Gasteiger partial charge in [-0.05, 0) is 49.7 Å². The lowest BCUT2D eigenvalue weighted by Gasteiger charge is -2.36. The molecule has 0 radical (unpaired) electrons. The molecule has 0 aromatic heterocycles. The van der Waals surface area contributed by atoms with E-state index in [1.54, 1.807) is 29.2 Å². The normalized spacial score (nSPS) is 14.4. The topological polar surface area (TPSA) is 66.6 Å². The first-order chi connectivity index (χ1) is 12.4. The summed E-state index contributed by atoms with van der Waals surface area (Å²) in [6.07, 6.45) is 0. The van der Waals surface area contributed by atoms with Crippen molar-refractivity contribution in [1.82, 2.24) is 4.90 Å². The van der Waals surface area contributed by atoms with Crippen LogP contribution < -0.4 is 10.6 Å². The summed E-state index contributed by atoms with van der Waals surface area (Å²) in [6.45, 7) is 5.36. The maximum Gasteiger partial charge on any atom is 0.254 e. The third-order valence-electron chi connectivity index (χ3n) is 4.75. The molecule has 0 spiro atoms. The molecule has 0 aliphatic carbocycles. The molecule has 1 amide bonds. The number of hydrogen-bond donors (Lipinski definition) is 1. The second-order valence-corrected chi connectivity index (χ2v) is 6.58. The highest BCUT2D eigenvalue weighted by Crippen LogP contribution is 2.23. The quantitative estimate of drug-likeness (QED) is 0.679. The van der Waals surface area contributed by atoms with Crippen molar-refractivity contribution in [3.63, 3.8) is 0 Å². The summed E-state index contributed by atoms with van der Waals surface area (Å²) in [5, 5.41) is 0. The van der Waals surface area contributed by atoms with E-state index in [9.17, 15) is 14.0 Å². The molecule has 0 atom stereocenters. The largest absolute Gasteiger partial charge is 0.399 e. The molecule has 6 heteroatoms. The van der Waals surface area contributed by atoms with Gasteiger partial charge in [0, 0.05) is 43.0 Å². The molecular weight excluding hydrogens is 333 g/mol. The van der Waals surface area contributed by atoms with Gasteiger partial charge in [0.15, 0.2) is 5.78 Å². The Morgan fingerprint density at radius 1 is 1.04 bits per heavy atom. The number of nitrogens with two attached hydrogens (primary N) is 1. The molecule has 26 heavy (non-hydrogen) atoms. The zero-order valence-corrected chi connectivity index (χ0v) is 15.0. The van der Waals surface area contributed by atoms with Crippen LogP contribution in [0.25, 0.3) is 0 Å². The Morgan fingerprint density at radius 3 is 2.35 bits per heavy atom. The summed E-state index contributed by atoms with van der Waals surface area (Å²) in [5.41, 5.74) is 8.67. The van der Waals surface area contributed by atoms with Gasteiger partial charge in [-0.3, -0.25) is 9.59 Å². The van der Waals surface area contributed by atoms with Gasteiger partial charge < -0.3 is 15.5 Å². The van der Waals surface area contributed by atoms with Crippen LogP contribution in [0.1, 0.15) is 33.2 Å². The predicted octanol–water partition coefficient (Wildman–Crippen LogP) is 2.88. The number of hydrogen-bond acceptors (Lipinski definition) is 4. The van der Waals surface area contributed by atoms with Gasteiger partial charge in [-0.2, -0.15) is 0 Å². The van der Waals surface area contributed by atoms with Crippen LogP contribution in [0.15, 0.2) is 36.4 Å². The molecule has 0 unspecified atom stereocenters. The fraction of sp³-hybridized carbons (Fsp3) is 0.300. The van der Waals surface area contributed by atoms with Crippen LogP contribution >= 0.6 is 0 Å². The third-order valence-corrected chi connectivity index (χ3v) is 4.75. The number of carbonyl (C=O) groups is 2. The molecule has 3 rings (SSSR count). The lowest BCUT2D eigenvalue weighted by molar-refractivity contribution is 0.0745. The fourth-order valence-electron chi connectivity index (χ4n) is 3.17. The summed E-state index contributed by atoms with van der Waals surface area (Å²) < 4.78 is 14.3. The van der Waals surface area contributed by atoms with Gasteiger partial charge in [0.2, 0.25) is 0 Å². The Labute approximate surface area is 152 Å². The van der Waals surface area contributed by atoms with Crippen molar-refractivity contribution in [2.45, 2.75) is 13.8 Å². The first kappa shape index (κ1) is 17.9. The number of carbonyl (C=O) groups excluding carboxylic acids is 2. The summed E-state index contributed by atoms with van der Waals surface area (Å²) >= 11 is 0. The highest BCUT2D eigenvalue weighted by molar-refractivity contribution is 5.96. The monoisotopic (exact) mass is 355 g/mol. The van der Waals surface area contributed by atoms with Crippen LogP contribution in [0.4, 0.5) is 15.8 Å². The van der Waals surface area contributed by atoms with Gasteiger partial charge in [0.05, 0.1) is 5.69 Å². The molecular formula is C20H22FN3O2. The average Bonchev–Trinajstić information content (AvgIpc) is 2.63. The summed E-state index contributed by atoms with van der Waals surface area (Å²) in [7, 11) is 0. The van der Waals surface area contributed by atoms with Gasteiger partial charge in [0.25, 0.3) is 5.91 Å². The number of benzene rings is 2. The van der Waals surface area contributed by atoms with Gasteiger partial charge in [0.1, 0.15) is 5.82 Å². The minimum atomic E-state index is -0.413. The van der Waals surface area contributed by atoms with Crippen molar-refractivity contribution in [2.24, 2.45) is 0 Å². The van der Waals surface area contributed by atoms with E-state index in [1.165, 1.54) is 13.0 Å². The van der Waals surface area contributed by atoms with Crippen LogP contribution in [0.5, 0.6) is 0 Å². The predicted molar refractivity (Wildman–Crippen MR) is 100 cm³/mol. The van der Waals surface area contributed by atoms with E-state index < -0.39 is 5.82 Å². The summed E-state index contributed by atoms with van der Waals surface area (Å²) in [6, 6.07) is 9.85. The Kier molecular flexibility index (Phi) is 4.93. The lowest BCUT2D eigenvalue weighted by atomic mass is 10.1. The molecule has 0 bridgehead atoms. The highest BCUT2D eigenvalue weighted by Gasteiger charge is 2.24. The number of aryl methyl sites for hydroxylation is 1. The molecule has 2 aromatic carbocycles. The maximum absolute atomic E-state index is 14.3. The summed E-state index contributed by atoms with van der Waals surface area (Å²) in [4.78, 5) is 27.8. The van der Waals surface area contributed by atoms with Crippen LogP contribution in [0.2, 0.25) is 0 Å². The number of nitrogen functional groups attached to an aromatic ring is 1. The zero-order chi connectivity index (χ0) is 18.8. The molecule has 2 aromatic rings. The Hall–Kier alpha value is -2.89. The van der Waals surface area contributed by atoms with E-state index in [0.717, 1.165) is 5.56 Å². The van der Waals surface area contributed by atoms with E-state index >= 15 is 0 Å². The van der Waals surface area contributed by atoms with Crippen LogP contribution in [0.3, 0.4) is 0 Å². The molecule has 2 N–H and O–H groups in total. The Bertz CT molecular complexity index is 858. The average molecular weight is 355 g/mol. The second-order valence-electron chi connectivity index (χ2n) is 6.58. The minimum Gasteiger partial charge on any atom is -0.399 e. The van der Waals surface area contributed by atoms with E-state index in [0.29, 0.717) is 48.7 Å². The van der Waals surface area contributed by atoms with E-state index in [4.69, 9.17) is 5.73 Å². The van der Waals surface area contributed by atoms with Gasteiger partial charge in [-0.25, -0.2) is 4.39 Å². The van der Waals surface area contributed by atoms with Gasteiger partial charge in [-0.1, -0.05) is 6.07 Å². The SMILES string of the molecule is CC(=O)c1ccc(N2CCN(C(=O)c3cc(N)ccc3C)CC2)c(F)c1. The highest BCUT2D eigenvalue weighted by atomic mass is 19.1. The number of ketones is 1. The minimum absolute atomic E-state index is 0.0538. The standard InChI is InChI=1S/C20H22FN3O2/c1-13-3-5-16(22)12-17(13)20(26)24-9-7-23(8-10-24)19-6-4-15(14(2)25)11-18(19)21/h3-6,11-12H,7-10,22H2,1-2H3. The van der Waals surface area contributed by atoms with Crippen molar-refractivity contribution in [3.8, 4) is 0 Å². The Balaban J connectivity index is 1.70. The fourth-order valence-corrected chi connectivity index (χ4v) is 3.17. The van der Waals surface area contributed by atoms with Crippen molar-refractivity contribution in [2.75, 3.05) is 36.8 Å². The van der Waals surface area contributed by atoms with Gasteiger partial charge >= 0.3 is 0 Å². The Morgan fingerprint density at radius 2 is 1.73 bits per heavy atom. The third kappa shape index (κ3) is 3.54. The molecule has 136 valence electrons. The first-order valence-corrected chi connectivity index (χ1v) is 8.57. The molecule has 1 heterocycles. The van der Waals surface area contributed by atoms with Crippen LogP contribution in [-0.2, 0) is 0 Å². The summed E-state index contributed by atoms with van der Waals surface area (Å²) in [5.74, 6) is -0.630. The number of rotatable bonds is 3. The number of Topliss-reactive ketones (excluding diaryl/α,β-unsaturated/α-hetero) is 1. The van der Waals surface area contributed by atoms with Crippen LogP contribution in [-0.4, -0.2) is 42.8 Å². The second kappa shape index (κ2) is 7.15. The lowest BCUT2D eigenvalue weighted by Crippen LogP contribution is -2.49. The van der Waals surface area contributed by atoms with Crippen LogP contribution in [0, 0.1) is 12.7 Å². The van der Waals surface area contributed by atoms with Crippen molar-refractivity contribution in [1.29, 1.82) is 0 Å². The molecule has 1 saturated heterocycles. The molecule has 5 nitrogen and oxygen atoms in total. The van der Waals surface area contributed by atoms with E-state index in [1.807, 2.05) is 17.9 Å². The number of anilines is 2. The molecule has 0 saturated carbocycles. The number of amides is 1.